The van der Waals surface area contributed by atoms with Gasteiger partial charge in [0.15, 0.2) is 17.5 Å². The normalized spacial score (nSPS) is 11.6. The molecule has 4 rings (SSSR count). The van der Waals surface area contributed by atoms with Gasteiger partial charge in [-0.15, -0.1) is 0 Å². The summed E-state index contributed by atoms with van der Waals surface area (Å²) in [7, 11) is -4.43. The summed E-state index contributed by atoms with van der Waals surface area (Å²) >= 11 is 0. The number of nitrogens with one attached hydrogen (secondary N) is 3. The smallest absolute Gasteiger partial charge is 0.257 e. The van der Waals surface area contributed by atoms with Crippen LogP contribution in [0.15, 0.2) is 65.6 Å². The summed E-state index contributed by atoms with van der Waals surface area (Å²) in [6.07, 6.45) is 0. The number of anilines is 1. The second kappa shape index (κ2) is 8.44. The van der Waals surface area contributed by atoms with Crippen molar-refractivity contribution in [3.8, 4) is 0 Å². The molecule has 3 N–H and O–H groups in total. The number of para-hydroxylation sites is 2. The van der Waals surface area contributed by atoms with Gasteiger partial charge in [-0.3, -0.25) is 10.1 Å². The van der Waals surface area contributed by atoms with Crippen molar-refractivity contribution < 1.29 is 26.4 Å². The molecule has 1 aromatic heterocycles. The van der Waals surface area contributed by atoms with Crippen LogP contribution in [0.5, 0.6) is 0 Å². The highest BCUT2D eigenvalue weighted by atomic mass is 32.2. The fraction of sp³-hybridized carbons (Fsp3) is 0.0476. The first-order valence-corrected chi connectivity index (χ1v) is 10.7. The van der Waals surface area contributed by atoms with Gasteiger partial charge < -0.3 is 4.98 Å². The van der Waals surface area contributed by atoms with Gasteiger partial charge in [0.25, 0.3) is 5.91 Å². The van der Waals surface area contributed by atoms with Crippen LogP contribution in [0.1, 0.15) is 15.9 Å². The van der Waals surface area contributed by atoms with E-state index < -0.39 is 38.3 Å². The molecule has 4 aromatic rings. The SMILES string of the molecule is O=C(Nc1nc2ccccc2[nH]1)c1ccc(CNS(=O)(=O)c2ccc(F)c(F)c2F)cc1. The van der Waals surface area contributed by atoms with Crippen molar-refractivity contribution >= 4 is 32.9 Å². The molecule has 0 saturated carbocycles. The molecule has 1 heterocycles. The van der Waals surface area contributed by atoms with Crippen LogP contribution in [0.4, 0.5) is 19.1 Å². The number of carbonyl (C=O) groups excluding carboxylic acids is 1. The van der Waals surface area contributed by atoms with Crippen molar-refractivity contribution in [1.29, 1.82) is 0 Å². The monoisotopic (exact) mass is 460 g/mol. The molecule has 0 saturated heterocycles. The number of rotatable bonds is 6. The minimum Gasteiger partial charge on any atom is -0.324 e. The van der Waals surface area contributed by atoms with Gasteiger partial charge in [-0.05, 0) is 42.0 Å². The summed E-state index contributed by atoms with van der Waals surface area (Å²) in [5, 5.41) is 2.64. The van der Waals surface area contributed by atoms with E-state index in [9.17, 15) is 26.4 Å². The maximum atomic E-state index is 13.8. The Kier molecular flexibility index (Phi) is 5.68. The first-order valence-electron chi connectivity index (χ1n) is 9.23. The van der Waals surface area contributed by atoms with Gasteiger partial charge in [-0.2, -0.15) is 0 Å². The topological polar surface area (TPSA) is 104 Å². The zero-order valence-corrected chi connectivity index (χ0v) is 17.0. The Bertz CT molecular complexity index is 1390. The van der Waals surface area contributed by atoms with Crippen LogP contribution in [0.3, 0.4) is 0 Å². The number of benzene rings is 3. The van der Waals surface area contributed by atoms with Gasteiger partial charge in [0.05, 0.1) is 11.0 Å². The third-order valence-electron chi connectivity index (χ3n) is 4.59. The molecule has 0 unspecified atom stereocenters. The number of amides is 1. The van der Waals surface area contributed by atoms with E-state index in [0.29, 0.717) is 28.8 Å². The summed E-state index contributed by atoms with van der Waals surface area (Å²) in [6, 6.07) is 14.4. The van der Waals surface area contributed by atoms with Crippen molar-refractivity contribution in [2.75, 3.05) is 5.32 Å². The molecular weight excluding hydrogens is 445 g/mol. The molecule has 0 atom stereocenters. The van der Waals surface area contributed by atoms with Gasteiger partial charge in [0.1, 0.15) is 4.90 Å². The van der Waals surface area contributed by atoms with Crippen molar-refractivity contribution in [1.82, 2.24) is 14.7 Å². The lowest BCUT2D eigenvalue weighted by atomic mass is 10.1. The van der Waals surface area contributed by atoms with Gasteiger partial charge in [0.2, 0.25) is 16.0 Å². The molecule has 3 aromatic carbocycles. The number of imidazole rings is 1. The molecule has 32 heavy (non-hydrogen) atoms. The van der Waals surface area contributed by atoms with Crippen molar-refractivity contribution in [3.63, 3.8) is 0 Å². The second-order valence-electron chi connectivity index (χ2n) is 6.75. The van der Waals surface area contributed by atoms with Gasteiger partial charge >= 0.3 is 0 Å². The molecule has 11 heteroatoms. The highest BCUT2D eigenvalue weighted by Gasteiger charge is 2.23. The molecule has 0 aliphatic heterocycles. The predicted octanol–water partition coefficient (Wildman–Crippen LogP) is 3.71. The third kappa shape index (κ3) is 4.34. The maximum Gasteiger partial charge on any atom is 0.257 e. The average Bonchev–Trinajstić information content (AvgIpc) is 3.18. The number of aromatic nitrogens is 2. The number of nitrogens with zero attached hydrogens (tertiary/aromatic N) is 1. The first-order chi connectivity index (χ1) is 15.2. The quantitative estimate of drug-likeness (QED) is 0.382. The summed E-state index contributed by atoms with van der Waals surface area (Å²) in [5.41, 5.74) is 2.21. The Morgan fingerprint density at radius 3 is 2.38 bits per heavy atom. The van der Waals surface area contributed by atoms with E-state index in [-0.39, 0.29) is 12.5 Å². The molecule has 0 aliphatic carbocycles. The third-order valence-corrected chi connectivity index (χ3v) is 6.01. The van der Waals surface area contributed by atoms with Crippen molar-refractivity contribution in [2.24, 2.45) is 0 Å². The fourth-order valence-corrected chi connectivity index (χ4v) is 4.02. The molecule has 0 radical (unpaired) electrons. The Labute approximate surface area is 180 Å². The Morgan fingerprint density at radius 2 is 1.66 bits per heavy atom. The standard InChI is InChI=1S/C21H15F3N4O3S/c22-14-9-10-17(19(24)18(14)23)32(30,31)25-11-12-5-7-13(8-6-12)20(29)28-21-26-15-3-1-2-4-16(15)27-21/h1-10,25H,11H2,(H2,26,27,28,29). The maximum absolute atomic E-state index is 13.8. The van der Waals surface area contributed by atoms with E-state index in [1.54, 1.807) is 6.07 Å². The first kappa shape index (κ1) is 21.5. The summed E-state index contributed by atoms with van der Waals surface area (Å²) in [4.78, 5) is 18.6. The Balaban J connectivity index is 1.42. The summed E-state index contributed by atoms with van der Waals surface area (Å²) in [5.74, 6) is -5.30. The van der Waals surface area contributed by atoms with E-state index in [4.69, 9.17) is 0 Å². The van der Waals surface area contributed by atoms with E-state index in [0.717, 1.165) is 5.52 Å². The molecule has 0 fully saturated rings. The number of aromatic amines is 1. The predicted molar refractivity (Wildman–Crippen MR) is 111 cm³/mol. The molecule has 0 aliphatic rings. The van der Waals surface area contributed by atoms with E-state index in [1.807, 2.05) is 18.2 Å². The van der Waals surface area contributed by atoms with Crippen molar-refractivity contribution in [3.05, 3.63) is 89.2 Å². The minimum absolute atomic E-state index is 0.258. The van der Waals surface area contributed by atoms with Crippen molar-refractivity contribution in [2.45, 2.75) is 11.4 Å². The fourth-order valence-electron chi connectivity index (χ4n) is 2.94. The van der Waals surface area contributed by atoms with Gasteiger partial charge in [0, 0.05) is 12.1 Å². The average molecular weight is 460 g/mol. The summed E-state index contributed by atoms with van der Waals surface area (Å²) in [6.45, 7) is -0.258. The van der Waals surface area contributed by atoms with Crippen LogP contribution in [0, 0.1) is 17.5 Å². The minimum atomic E-state index is -4.43. The molecule has 0 spiro atoms. The number of fused-ring (bicyclic) bond motifs is 1. The molecule has 0 bridgehead atoms. The van der Waals surface area contributed by atoms with E-state index in [1.165, 1.54) is 24.3 Å². The number of hydrogen-bond donors (Lipinski definition) is 3. The molecule has 1 amide bonds. The van der Waals surface area contributed by atoms with E-state index >= 15 is 0 Å². The molecule has 7 nitrogen and oxygen atoms in total. The van der Waals surface area contributed by atoms with Crippen LogP contribution in [-0.4, -0.2) is 24.3 Å². The van der Waals surface area contributed by atoms with E-state index in [2.05, 4.69) is 20.0 Å². The lowest BCUT2D eigenvalue weighted by Gasteiger charge is -2.09. The Hall–Kier alpha value is -3.70. The van der Waals surface area contributed by atoms with Gasteiger partial charge in [-0.1, -0.05) is 24.3 Å². The highest BCUT2D eigenvalue weighted by Crippen LogP contribution is 2.20. The van der Waals surface area contributed by atoms with Crippen LogP contribution >= 0.6 is 0 Å². The van der Waals surface area contributed by atoms with Crippen LogP contribution in [-0.2, 0) is 16.6 Å². The number of sulfonamides is 1. The zero-order valence-electron chi connectivity index (χ0n) is 16.2. The number of H-pyrrole nitrogens is 1. The number of halogens is 3. The number of carbonyl (C=O) groups is 1. The lowest BCUT2D eigenvalue weighted by Crippen LogP contribution is -2.24. The largest absolute Gasteiger partial charge is 0.324 e. The van der Waals surface area contributed by atoms with Crippen LogP contribution in [0.25, 0.3) is 11.0 Å². The number of hydrogen-bond acceptors (Lipinski definition) is 4. The lowest BCUT2D eigenvalue weighted by molar-refractivity contribution is 0.102. The summed E-state index contributed by atoms with van der Waals surface area (Å²) < 4.78 is 66.7. The highest BCUT2D eigenvalue weighted by molar-refractivity contribution is 7.89. The zero-order chi connectivity index (χ0) is 22.9. The van der Waals surface area contributed by atoms with Crippen LogP contribution in [0.2, 0.25) is 0 Å². The Morgan fingerprint density at radius 1 is 0.938 bits per heavy atom. The molecular formula is C21H15F3N4O3S. The van der Waals surface area contributed by atoms with Crippen LogP contribution < -0.4 is 10.0 Å². The molecule has 164 valence electrons. The second-order valence-corrected chi connectivity index (χ2v) is 8.49. The van der Waals surface area contributed by atoms with Gasteiger partial charge in [-0.25, -0.2) is 31.3 Å².